The molecule has 1 N–H and O–H groups in total. The van der Waals surface area contributed by atoms with Crippen LogP contribution < -0.4 is 5.32 Å². The SMILES string of the molecule is Cc1nn(Cc2ccccc2F)c(C)c1NC(=O)Cn1nc(C(F)F)c(Br)c1C1CC1. The van der Waals surface area contributed by atoms with E-state index in [4.69, 9.17) is 0 Å². The third-order valence-corrected chi connectivity index (χ3v) is 6.16. The van der Waals surface area contributed by atoms with Crippen molar-refractivity contribution in [3.8, 4) is 0 Å². The van der Waals surface area contributed by atoms with Crippen LogP contribution in [0.15, 0.2) is 28.7 Å². The summed E-state index contributed by atoms with van der Waals surface area (Å²) in [5.74, 6) is -0.587. The molecule has 4 rings (SSSR count). The van der Waals surface area contributed by atoms with Gasteiger partial charge in [0, 0.05) is 11.5 Å². The number of alkyl halides is 2. The first-order valence-corrected chi connectivity index (χ1v) is 10.7. The summed E-state index contributed by atoms with van der Waals surface area (Å²) in [6.45, 7) is 3.57. The first-order chi connectivity index (χ1) is 14.8. The Bertz CT molecular complexity index is 1140. The van der Waals surface area contributed by atoms with Crippen molar-refractivity contribution in [1.29, 1.82) is 0 Å². The van der Waals surface area contributed by atoms with Crippen LogP contribution in [0.1, 0.15) is 53.5 Å². The predicted octanol–water partition coefficient (Wildman–Crippen LogP) is 5.10. The summed E-state index contributed by atoms with van der Waals surface area (Å²) in [5, 5.41) is 11.2. The molecule has 164 valence electrons. The van der Waals surface area contributed by atoms with E-state index in [1.807, 2.05) is 0 Å². The molecule has 0 radical (unpaired) electrons. The number of hydrogen-bond acceptors (Lipinski definition) is 3. The van der Waals surface area contributed by atoms with E-state index in [1.165, 1.54) is 10.7 Å². The third-order valence-electron chi connectivity index (χ3n) is 5.34. The average Bonchev–Trinajstić information content (AvgIpc) is 3.44. The maximum absolute atomic E-state index is 14.0. The quantitative estimate of drug-likeness (QED) is 0.495. The van der Waals surface area contributed by atoms with Gasteiger partial charge in [0.2, 0.25) is 5.91 Å². The fraction of sp³-hybridized carbons (Fsp3) is 0.381. The first-order valence-electron chi connectivity index (χ1n) is 9.87. The Morgan fingerprint density at radius 3 is 2.58 bits per heavy atom. The lowest BCUT2D eigenvalue weighted by Gasteiger charge is -2.10. The van der Waals surface area contributed by atoms with E-state index in [0.29, 0.717) is 28.3 Å². The maximum atomic E-state index is 14.0. The van der Waals surface area contributed by atoms with Crippen molar-refractivity contribution in [1.82, 2.24) is 19.6 Å². The summed E-state index contributed by atoms with van der Waals surface area (Å²) in [5.41, 5.74) is 2.55. The molecule has 2 aromatic heterocycles. The van der Waals surface area contributed by atoms with Gasteiger partial charge in [-0.3, -0.25) is 14.2 Å². The topological polar surface area (TPSA) is 64.7 Å². The molecule has 1 aliphatic rings. The molecule has 1 aromatic carbocycles. The van der Waals surface area contributed by atoms with Crippen LogP contribution in [0.2, 0.25) is 0 Å². The molecule has 0 unspecified atom stereocenters. The van der Waals surface area contributed by atoms with Crippen molar-refractivity contribution in [2.45, 2.75) is 52.1 Å². The molecular formula is C21H21BrF3N5O. The first kappa shape index (κ1) is 21.6. The number of benzene rings is 1. The largest absolute Gasteiger partial charge is 0.321 e. The summed E-state index contributed by atoms with van der Waals surface area (Å²) >= 11 is 3.22. The molecule has 0 spiro atoms. The monoisotopic (exact) mass is 495 g/mol. The number of carbonyl (C=O) groups is 1. The van der Waals surface area contributed by atoms with Crippen molar-refractivity contribution < 1.29 is 18.0 Å². The van der Waals surface area contributed by atoms with E-state index in [2.05, 4.69) is 31.4 Å². The number of anilines is 1. The van der Waals surface area contributed by atoms with E-state index in [0.717, 1.165) is 12.8 Å². The minimum atomic E-state index is -2.72. The van der Waals surface area contributed by atoms with Crippen molar-refractivity contribution in [2.24, 2.45) is 0 Å². The third kappa shape index (κ3) is 4.39. The number of rotatable bonds is 7. The predicted molar refractivity (Wildman–Crippen MR) is 113 cm³/mol. The molecule has 0 atom stereocenters. The molecule has 31 heavy (non-hydrogen) atoms. The Morgan fingerprint density at radius 1 is 1.23 bits per heavy atom. The zero-order chi connectivity index (χ0) is 22.3. The van der Waals surface area contributed by atoms with Gasteiger partial charge in [-0.25, -0.2) is 13.2 Å². The molecule has 1 aliphatic carbocycles. The van der Waals surface area contributed by atoms with Crippen LogP contribution in [0.4, 0.5) is 18.9 Å². The molecule has 1 fully saturated rings. The van der Waals surface area contributed by atoms with Crippen LogP contribution in [-0.2, 0) is 17.9 Å². The zero-order valence-electron chi connectivity index (χ0n) is 17.0. The smallest absolute Gasteiger partial charge is 0.283 e. The molecule has 3 aromatic rings. The number of amides is 1. The van der Waals surface area contributed by atoms with Gasteiger partial charge < -0.3 is 5.32 Å². The Kier molecular flexibility index (Phi) is 5.92. The summed E-state index contributed by atoms with van der Waals surface area (Å²) in [6, 6.07) is 6.44. The lowest BCUT2D eigenvalue weighted by atomic mass is 10.2. The Morgan fingerprint density at radius 2 is 1.94 bits per heavy atom. The minimum Gasteiger partial charge on any atom is -0.321 e. The molecule has 1 amide bonds. The van der Waals surface area contributed by atoms with E-state index < -0.39 is 12.3 Å². The lowest BCUT2D eigenvalue weighted by Crippen LogP contribution is -2.21. The highest BCUT2D eigenvalue weighted by molar-refractivity contribution is 9.10. The summed E-state index contributed by atoms with van der Waals surface area (Å²) < 4.78 is 43.8. The summed E-state index contributed by atoms with van der Waals surface area (Å²) in [7, 11) is 0. The molecule has 0 saturated heterocycles. The van der Waals surface area contributed by atoms with E-state index in [9.17, 15) is 18.0 Å². The molecule has 2 heterocycles. The number of aromatic nitrogens is 4. The van der Waals surface area contributed by atoms with Gasteiger partial charge in [0.25, 0.3) is 6.43 Å². The van der Waals surface area contributed by atoms with Gasteiger partial charge in [-0.15, -0.1) is 0 Å². The number of aryl methyl sites for hydroxylation is 1. The van der Waals surface area contributed by atoms with Crippen LogP contribution in [0.25, 0.3) is 0 Å². The van der Waals surface area contributed by atoms with Crippen LogP contribution >= 0.6 is 15.9 Å². The molecule has 0 aliphatic heterocycles. The molecular weight excluding hydrogens is 475 g/mol. The van der Waals surface area contributed by atoms with Crippen LogP contribution in [-0.4, -0.2) is 25.5 Å². The van der Waals surface area contributed by atoms with E-state index in [-0.39, 0.29) is 35.0 Å². The van der Waals surface area contributed by atoms with Crippen molar-refractivity contribution in [3.63, 3.8) is 0 Å². The van der Waals surface area contributed by atoms with Gasteiger partial charge in [0.15, 0.2) is 0 Å². The second kappa shape index (κ2) is 8.49. The molecule has 0 bridgehead atoms. The van der Waals surface area contributed by atoms with Crippen LogP contribution in [0.5, 0.6) is 0 Å². The number of halogens is 4. The van der Waals surface area contributed by atoms with E-state index in [1.54, 1.807) is 36.7 Å². The highest BCUT2D eigenvalue weighted by atomic mass is 79.9. The molecule has 6 nitrogen and oxygen atoms in total. The number of carbonyl (C=O) groups excluding carboxylic acids is 1. The van der Waals surface area contributed by atoms with E-state index >= 15 is 0 Å². The van der Waals surface area contributed by atoms with Gasteiger partial charge in [-0.05, 0) is 48.7 Å². The molecule has 1 saturated carbocycles. The van der Waals surface area contributed by atoms with Crippen LogP contribution in [0.3, 0.4) is 0 Å². The average molecular weight is 496 g/mol. The van der Waals surface area contributed by atoms with Crippen molar-refractivity contribution in [2.75, 3.05) is 5.32 Å². The normalized spacial score (nSPS) is 13.8. The Balaban J connectivity index is 1.53. The lowest BCUT2D eigenvalue weighted by molar-refractivity contribution is -0.117. The number of nitrogens with one attached hydrogen (secondary N) is 1. The highest BCUT2D eigenvalue weighted by Crippen LogP contribution is 2.45. The minimum absolute atomic E-state index is 0.133. The van der Waals surface area contributed by atoms with Gasteiger partial charge in [0.05, 0.1) is 33.8 Å². The second-order valence-corrected chi connectivity index (χ2v) is 8.45. The zero-order valence-corrected chi connectivity index (χ0v) is 18.6. The van der Waals surface area contributed by atoms with Crippen LogP contribution in [0, 0.1) is 19.7 Å². The summed E-state index contributed by atoms with van der Waals surface area (Å²) in [6.07, 6.45) is -0.956. The van der Waals surface area contributed by atoms with Gasteiger partial charge in [-0.2, -0.15) is 10.2 Å². The number of hydrogen-bond donors (Lipinski definition) is 1. The Labute approximate surface area is 185 Å². The number of nitrogens with zero attached hydrogens (tertiary/aromatic N) is 4. The highest BCUT2D eigenvalue weighted by Gasteiger charge is 2.34. The van der Waals surface area contributed by atoms with Crippen molar-refractivity contribution in [3.05, 3.63) is 62.9 Å². The second-order valence-electron chi connectivity index (χ2n) is 7.66. The Hall–Kier alpha value is -2.62. The van der Waals surface area contributed by atoms with Gasteiger partial charge in [-0.1, -0.05) is 18.2 Å². The fourth-order valence-corrected chi connectivity index (χ4v) is 4.39. The summed E-state index contributed by atoms with van der Waals surface area (Å²) in [4.78, 5) is 12.7. The maximum Gasteiger partial charge on any atom is 0.283 e. The fourth-order valence-electron chi connectivity index (χ4n) is 3.61. The van der Waals surface area contributed by atoms with Crippen molar-refractivity contribution >= 4 is 27.5 Å². The standard InChI is InChI=1S/C21H21BrF3N5O/c1-11-18(12(2)29(27-11)9-14-5-3-4-6-15(14)23)26-16(31)10-30-20(13-7-8-13)17(22)19(28-30)21(24)25/h3-6,13,21H,7-10H2,1-2H3,(H,26,31). The van der Waals surface area contributed by atoms with Gasteiger partial charge >= 0.3 is 0 Å². The van der Waals surface area contributed by atoms with Gasteiger partial charge in [0.1, 0.15) is 18.1 Å². The molecule has 10 heteroatoms.